The molecule has 19 heavy (non-hydrogen) atoms. The average Bonchev–Trinajstić information content (AvgIpc) is 2.71. The van der Waals surface area contributed by atoms with Gasteiger partial charge in [-0.25, -0.2) is 13.1 Å². The van der Waals surface area contributed by atoms with Gasteiger partial charge < -0.3 is 5.73 Å². The largest absolute Gasteiger partial charge is 0.329 e. The van der Waals surface area contributed by atoms with Gasteiger partial charge in [0.1, 0.15) is 4.21 Å². The summed E-state index contributed by atoms with van der Waals surface area (Å²) in [5.74, 6) is 0. The third-order valence-electron chi connectivity index (χ3n) is 2.35. The van der Waals surface area contributed by atoms with Crippen molar-refractivity contribution in [2.24, 2.45) is 5.73 Å². The Morgan fingerprint density at radius 1 is 1.63 bits per heavy atom. The zero-order chi connectivity index (χ0) is 14.6. The van der Waals surface area contributed by atoms with Crippen molar-refractivity contribution in [1.29, 1.82) is 0 Å². The Kier molecular flexibility index (Phi) is 5.68. The van der Waals surface area contributed by atoms with Gasteiger partial charge in [-0.2, -0.15) is 0 Å². The van der Waals surface area contributed by atoms with Crippen molar-refractivity contribution in [3.63, 3.8) is 0 Å². The Labute approximate surface area is 120 Å². The van der Waals surface area contributed by atoms with Crippen molar-refractivity contribution in [2.75, 3.05) is 6.54 Å². The van der Waals surface area contributed by atoms with Crippen LogP contribution in [0, 0.1) is 10.1 Å². The second kappa shape index (κ2) is 6.62. The lowest BCUT2D eigenvalue weighted by Crippen LogP contribution is -2.39. The fraction of sp³-hybridized carbons (Fsp3) is 0.556. The lowest BCUT2D eigenvalue weighted by Gasteiger charge is -2.14. The van der Waals surface area contributed by atoms with Crippen molar-refractivity contribution in [3.8, 4) is 0 Å². The molecule has 1 heterocycles. The number of sulfonamides is 1. The molecule has 3 N–H and O–H groups in total. The van der Waals surface area contributed by atoms with Crippen LogP contribution in [0.3, 0.4) is 0 Å². The first-order valence-corrected chi connectivity index (χ1v) is 8.15. The van der Waals surface area contributed by atoms with Crippen molar-refractivity contribution >= 4 is 38.6 Å². The summed E-state index contributed by atoms with van der Waals surface area (Å²) in [5, 5.41) is 10.6. The molecule has 0 aromatic carbocycles. The Bertz CT molecular complexity index is 558. The summed E-state index contributed by atoms with van der Waals surface area (Å²) in [4.78, 5) is 9.92. The minimum atomic E-state index is -3.83. The molecule has 1 aromatic heterocycles. The minimum absolute atomic E-state index is 0.161. The molecule has 0 aliphatic heterocycles. The van der Waals surface area contributed by atoms with E-state index in [1.165, 1.54) is 0 Å². The van der Waals surface area contributed by atoms with Crippen LogP contribution < -0.4 is 10.5 Å². The number of nitrogens with two attached hydrogens (primary N) is 1. The van der Waals surface area contributed by atoms with Crippen molar-refractivity contribution < 1.29 is 13.3 Å². The Balaban J connectivity index is 3.00. The van der Waals surface area contributed by atoms with E-state index >= 15 is 0 Å². The summed E-state index contributed by atoms with van der Waals surface area (Å²) in [6.45, 7) is 2.07. The van der Waals surface area contributed by atoms with E-state index in [1.54, 1.807) is 0 Å². The van der Waals surface area contributed by atoms with Crippen LogP contribution in [0.1, 0.15) is 19.8 Å². The minimum Gasteiger partial charge on any atom is -0.329 e. The Hall–Kier alpha value is -0.740. The second-order valence-corrected chi connectivity index (χ2v) is 7.42. The summed E-state index contributed by atoms with van der Waals surface area (Å²) in [7, 11) is -3.83. The number of nitrogens with one attached hydrogen (secondary N) is 1. The van der Waals surface area contributed by atoms with Crippen LogP contribution in [0.5, 0.6) is 0 Å². The third-order valence-corrected chi connectivity index (χ3v) is 5.68. The van der Waals surface area contributed by atoms with E-state index in [-0.39, 0.29) is 15.1 Å². The molecular weight excluding hydrogens is 314 g/mol. The van der Waals surface area contributed by atoms with Crippen molar-refractivity contribution in [1.82, 2.24) is 4.72 Å². The van der Waals surface area contributed by atoms with Gasteiger partial charge in [0.2, 0.25) is 0 Å². The molecule has 0 fully saturated rings. The van der Waals surface area contributed by atoms with E-state index < -0.39 is 26.7 Å². The molecule has 0 saturated heterocycles. The number of hydrogen-bond donors (Lipinski definition) is 2. The van der Waals surface area contributed by atoms with Crippen LogP contribution in [0.4, 0.5) is 5.69 Å². The van der Waals surface area contributed by atoms with Crippen LogP contribution in [0.15, 0.2) is 10.3 Å². The summed E-state index contributed by atoms with van der Waals surface area (Å²) < 4.78 is 26.1. The first-order valence-electron chi connectivity index (χ1n) is 5.48. The summed E-state index contributed by atoms with van der Waals surface area (Å²) in [6.07, 6.45) is 1.37. The molecular formula is C9H14ClN3O4S2. The van der Waals surface area contributed by atoms with Gasteiger partial charge in [0.15, 0.2) is 4.34 Å². The summed E-state index contributed by atoms with van der Waals surface area (Å²) in [6, 6.07) is 0.560. The number of thiophene rings is 1. The summed E-state index contributed by atoms with van der Waals surface area (Å²) in [5.41, 5.74) is 5.06. The fourth-order valence-corrected chi connectivity index (χ4v) is 4.41. The first-order chi connectivity index (χ1) is 8.81. The highest BCUT2D eigenvalue weighted by Crippen LogP contribution is 2.36. The van der Waals surface area contributed by atoms with Gasteiger partial charge in [0.25, 0.3) is 15.7 Å². The molecule has 108 valence electrons. The van der Waals surface area contributed by atoms with Gasteiger partial charge >= 0.3 is 0 Å². The standard InChI is InChI=1S/C9H14ClN3O4S2/c1-2-3-6(5-11)12-19(16,17)8-4-7(13(14)15)9(10)18-8/h4,6,12H,2-3,5,11H2,1H3. The maximum absolute atomic E-state index is 12.0. The van der Waals surface area contributed by atoms with E-state index in [2.05, 4.69) is 4.72 Å². The number of halogens is 1. The lowest BCUT2D eigenvalue weighted by molar-refractivity contribution is -0.384. The average molecular weight is 328 g/mol. The van der Waals surface area contributed by atoms with E-state index in [0.29, 0.717) is 17.8 Å². The lowest BCUT2D eigenvalue weighted by atomic mass is 10.2. The molecule has 0 radical (unpaired) electrons. The molecule has 1 rings (SSSR count). The zero-order valence-corrected chi connectivity index (χ0v) is 12.5. The molecule has 0 spiro atoms. The van der Waals surface area contributed by atoms with Crippen LogP contribution in [-0.4, -0.2) is 25.9 Å². The Morgan fingerprint density at radius 3 is 2.68 bits per heavy atom. The fourth-order valence-electron chi connectivity index (χ4n) is 1.45. The van der Waals surface area contributed by atoms with Gasteiger partial charge in [-0.15, -0.1) is 11.3 Å². The molecule has 7 nitrogen and oxygen atoms in total. The van der Waals surface area contributed by atoms with Crippen LogP contribution in [0.2, 0.25) is 4.34 Å². The Morgan fingerprint density at radius 2 is 2.26 bits per heavy atom. The van der Waals surface area contributed by atoms with E-state index in [9.17, 15) is 18.5 Å². The monoisotopic (exact) mass is 327 g/mol. The third kappa shape index (κ3) is 4.11. The van der Waals surface area contributed by atoms with Gasteiger partial charge in [-0.3, -0.25) is 10.1 Å². The second-order valence-electron chi connectivity index (χ2n) is 3.82. The molecule has 0 aliphatic rings. The van der Waals surface area contributed by atoms with Gasteiger partial charge in [0, 0.05) is 18.7 Å². The number of rotatable bonds is 7. The van der Waals surface area contributed by atoms with Crippen LogP contribution >= 0.6 is 22.9 Å². The highest BCUT2D eigenvalue weighted by Gasteiger charge is 2.26. The smallest absolute Gasteiger partial charge is 0.300 e. The normalized spacial score (nSPS) is 13.4. The highest BCUT2D eigenvalue weighted by molar-refractivity contribution is 7.91. The topological polar surface area (TPSA) is 115 Å². The van der Waals surface area contributed by atoms with E-state index in [0.717, 1.165) is 12.5 Å². The SMILES string of the molecule is CCCC(CN)NS(=O)(=O)c1cc([N+](=O)[O-])c(Cl)s1. The predicted octanol–water partition coefficient (Wildman–Crippen LogP) is 1.72. The number of nitro groups is 1. The molecule has 0 amide bonds. The zero-order valence-electron chi connectivity index (χ0n) is 10.1. The molecule has 1 unspecified atom stereocenters. The molecule has 0 saturated carbocycles. The molecule has 10 heteroatoms. The maximum Gasteiger partial charge on any atom is 0.300 e. The van der Waals surface area contributed by atoms with Gasteiger partial charge in [0.05, 0.1) is 4.92 Å². The molecule has 0 aliphatic carbocycles. The van der Waals surface area contributed by atoms with E-state index in [1.807, 2.05) is 6.92 Å². The van der Waals surface area contributed by atoms with Crippen molar-refractivity contribution in [3.05, 3.63) is 20.5 Å². The van der Waals surface area contributed by atoms with Gasteiger partial charge in [-0.05, 0) is 6.42 Å². The predicted molar refractivity (Wildman–Crippen MR) is 74.1 cm³/mol. The quantitative estimate of drug-likeness (QED) is 0.584. The van der Waals surface area contributed by atoms with Crippen LogP contribution in [-0.2, 0) is 10.0 Å². The van der Waals surface area contributed by atoms with Crippen LogP contribution in [0.25, 0.3) is 0 Å². The number of nitrogens with zero attached hydrogens (tertiary/aromatic N) is 1. The molecule has 1 aromatic rings. The van der Waals surface area contributed by atoms with Crippen molar-refractivity contribution in [2.45, 2.75) is 30.0 Å². The first kappa shape index (κ1) is 16.3. The maximum atomic E-state index is 12.0. The van der Waals surface area contributed by atoms with Gasteiger partial charge in [-0.1, -0.05) is 24.9 Å². The molecule has 1 atom stereocenters. The summed E-state index contributed by atoms with van der Waals surface area (Å²) >= 11 is 6.29. The molecule has 0 bridgehead atoms. The number of hydrogen-bond acceptors (Lipinski definition) is 6. The highest BCUT2D eigenvalue weighted by atomic mass is 35.5. The van der Waals surface area contributed by atoms with E-state index in [4.69, 9.17) is 17.3 Å².